The summed E-state index contributed by atoms with van der Waals surface area (Å²) in [4.78, 5) is 12.0. The number of rotatable bonds is 8. The fourth-order valence-corrected chi connectivity index (χ4v) is 4.34. The van der Waals surface area contributed by atoms with Crippen LogP contribution in [0.1, 0.15) is 23.1 Å². The molecule has 1 N–H and O–H groups in total. The van der Waals surface area contributed by atoms with Crippen molar-refractivity contribution in [1.82, 2.24) is 5.43 Å². The van der Waals surface area contributed by atoms with E-state index in [1.54, 1.807) is 6.21 Å². The molecule has 0 spiro atoms. The van der Waals surface area contributed by atoms with Gasteiger partial charge in [-0.15, -0.1) is 0 Å². The molecule has 0 aliphatic rings. The standard InChI is InChI=1S/C23H19Br2ClN2O2/c24-19-12-17(14-27-28-22(29)11-10-16-6-2-1-3-7-16)13-20(25)23(19)30-15-18-8-4-5-9-21(18)26/h1-9,12-14H,10-11,15H2,(H,28,29)/b27-14-. The van der Waals surface area contributed by atoms with Crippen molar-refractivity contribution in [1.29, 1.82) is 0 Å². The molecule has 154 valence electrons. The summed E-state index contributed by atoms with van der Waals surface area (Å²) in [6, 6.07) is 21.2. The molecular weight excluding hydrogens is 532 g/mol. The Kier molecular flexibility index (Phi) is 8.49. The minimum atomic E-state index is -0.132. The molecule has 0 radical (unpaired) electrons. The van der Waals surface area contributed by atoms with Gasteiger partial charge >= 0.3 is 0 Å². The van der Waals surface area contributed by atoms with Gasteiger partial charge in [0.1, 0.15) is 12.4 Å². The fourth-order valence-electron chi connectivity index (χ4n) is 2.69. The van der Waals surface area contributed by atoms with Crippen LogP contribution in [0.15, 0.2) is 80.8 Å². The van der Waals surface area contributed by atoms with Gasteiger partial charge in [0.2, 0.25) is 5.91 Å². The van der Waals surface area contributed by atoms with Gasteiger partial charge in [-0.05, 0) is 67.6 Å². The van der Waals surface area contributed by atoms with Gasteiger partial charge < -0.3 is 4.74 Å². The Morgan fingerprint density at radius 2 is 1.70 bits per heavy atom. The maximum absolute atomic E-state index is 12.0. The van der Waals surface area contributed by atoms with Crippen LogP contribution < -0.4 is 10.2 Å². The fraction of sp³-hybridized carbons (Fsp3) is 0.130. The van der Waals surface area contributed by atoms with Gasteiger partial charge in [-0.25, -0.2) is 5.43 Å². The average Bonchev–Trinajstić information content (AvgIpc) is 2.73. The predicted molar refractivity (Wildman–Crippen MR) is 128 cm³/mol. The molecule has 0 aromatic heterocycles. The molecule has 3 aromatic rings. The normalized spacial score (nSPS) is 10.9. The summed E-state index contributed by atoms with van der Waals surface area (Å²) < 4.78 is 7.44. The molecule has 0 heterocycles. The lowest BCUT2D eigenvalue weighted by atomic mass is 10.1. The summed E-state index contributed by atoms with van der Waals surface area (Å²) in [5, 5.41) is 4.71. The zero-order chi connectivity index (χ0) is 21.3. The minimum absolute atomic E-state index is 0.132. The summed E-state index contributed by atoms with van der Waals surface area (Å²) in [5.41, 5.74) is 5.40. The van der Waals surface area contributed by atoms with Crippen molar-refractivity contribution in [3.63, 3.8) is 0 Å². The van der Waals surface area contributed by atoms with Crippen molar-refractivity contribution in [2.24, 2.45) is 5.10 Å². The summed E-state index contributed by atoms with van der Waals surface area (Å²) in [6.45, 7) is 0.349. The first-order valence-electron chi connectivity index (χ1n) is 9.24. The lowest BCUT2D eigenvalue weighted by molar-refractivity contribution is -0.121. The zero-order valence-corrected chi connectivity index (χ0v) is 19.9. The maximum atomic E-state index is 12.0. The second-order valence-electron chi connectivity index (χ2n) is 6.47. The van der Waals surface area contributed by atoms with E-state index in [1.165, 1.54) is 0 Å². The van der Waals surface area contributed by atoms with E-state index in [-0.39, 0.29) is 5.91 Å². The SMILES string of the molecule is O=C(CCc1ccccc1)N/N=C\c1cc(Br)c(OCc2ccccc2Cl)c(Br)c1. The molecule has 0 aliphatic heterocycles. The van der Waals surface area contributed by atoms with Gasteiger partial charge in [-0.2, -0.15) is 5.10 Å². The number of aryl methyl sites for hydroxylation is 1. The van der Waals surface area contributed by atoms with Crippen molar-refractivity contribution in [3.05, 3.63) is 97.4 Å². The van der Waals surface area contributed by atoms with Gasteiger partial charge in [0.05, 0.1) is 15.2 Å². The number of hydrogen-bond acceptors (Lipinski definition) is 3. The largest absolute Gasteiger partial charge is 0.486 e. The lowest BCUT2D eigenvalue weighted by Gasteiger charge is -2.12. The molecule has 0 bridgehead atoms. The van der Waals surface area contributed by atoms with Crippen molar-refractivity contribution >= 4 is 55.6 Å². The van der Waals surface area contributed by atoms with Crippen molar-refractivity contribution in [2.75, 3.05) is 0 Å². The van der Waals surface area contributed by atoms with E-state index in [0.29, 0.717) is 30.2 Å². The highest BCUT2D eigenvalue weighted by molar-refractivity contribution is 9.11. The number of hydrogen-bond donors (Lipinski definition) is 1. The quantitative estimate of drug-likeness (QED) is 0.256. The Bertz CT molecular complexity index is 1020. The smallest absolute Gasteiger partial charge is 0.240 e. The number of carbonyl (C=O) groups is 1. The number of ether oxygens (including phenoxy) is 1. The van der Waals surface area contributed by atoms with Crippen LogP contribution in [-0.2, 0) is 17.8 Å². The monoisotopic (exact) mass is 548 g/mol. The molecular formula is C23H19Br2ClN2O2. The number of carbonyl (C=O) groups excluding carboxylic acids is 1. The first-order valence-corrected chi connectivity index (χ1v) is 11.2. The van der Waals surface area contributed by atoms with Crippen LogP contribution in [0.4, 0.5) is 0 Å². The van der Waals surface area contributed by atoms with E-state index in [2.05, 4.69) is 42.4 Å². The van der Waals surface area contributed by atoms with E-state index >= 15 is 0 Å². The van der Waals surface area contributed by atoms with Crippen LogP contribution in [0.2, 0.25) is 5.02 Å². The Balaban J connectivity index is 1.55. The highest BCUT2D eigenvalue weighted by atomic mass is 79.9. The topological polar surface area (TPSA) is 50.7 Å². The molecule has 4 nitrogen and oxygen atoms in total. The highest BCUT2D eigenvalue weighted by Crippen LogP contribution is 2.35. The van der Waals surface area contributed by atoms with E-state index in [4.69, 9.17) is 16.3 Å². The number of benzene rings is 3. The molecule has 3 rings (SSSR count). The number of amides is 1. The molecule has 1 amide bonds. The first-order chi connectivity index (χ1) is 14.5. The Morgan fingerprint density at radius 1 is 1.03 bits per heavy atom. The van der Waals surface area contributed by atoms with Gasteiger partial charge in [0, 0.05) is 17.0 Å². The Morgan fingerprint density at radius 3 is 2.40 bits per heavy atom. The molecule has 0 saturated heterocycles. The minimum Gasteiger partial charge on any atom is -0.486 e. The summed E-state index contributed by atoms with van der Waals surface area (Å²) in [5.74, 6) is 0.534. The molecule has 0 unspecified atom stereocenters. The predicted octanol–water partition coefficient (Wildman–Crippen LogP) is 6.53. The van der Waals surface area contributed by atoms with Crippen LogP contribution in [0.3, 0.4) is 0 Å². The van der Waals surface area contributed by atoms with E-state index in [1.807, 2.05) is 66.7 Å². The third-order valence-electron chi connectivity index (χ3n) is 4.24. The summed E-state index contributed by atoms with van der Waals surface area (Å²) in [6.07, 6.45) is 2.65. The third-order valence-corrected chi connectivity index (χ3v) is 5.78. The van der Waals surface area contributed by atoms with Crippen LogP contribution in [0, 0.1) is 0 Å². The zero-order valence-electron chi connectivity index (χ0n) is 15.9. The number of halogens is 3. The molecule has 0 atom stereocenters. The van der Waals surface area contributed by atoms with Crippen LogP contribution in [0.5, 0.6) is 5.75 Å². The molecule has 3 aromatic carbocycles. The second-order valence-corrected chi connectivity index (χ2v) is 8.59. The van der Waals surface area contributed by atoms with Crippen molar-refractivity contribution < 1.29 is 9.53 Å². The number of hydrazone groups is 1. The van der Waals surface area contributed by atoms with Gasteiger partial charge in [0.25, 0.3) is 0 Å². The number of nitrogens with zero attached hydrogens (tertiary/aromatic N) is 1. The molecule has 0 fully saturated rings. The first kappa shape index (κ1) is 22.5. The summed E-state index contributed by atoms with van der Waals surface area (Å²) >= 11 is 13.2. The highest BCUT2D eigenvalue weighted by Gasteiger charge is 2.10. The third kappa shape index (κ3) is 6.69. The van der Waals surface area contributed by atoms with Crippen molar-refractivity contribution in [2.45, 2.75) is 19.4 Å². The molecule has 30 heavy (non-hydrogen) atoms. The van der Waals surface area contributed by atoms with Crippen LogP contribution in [-0.4, -0.2) is 12.1 Å². The van der Waals surface area contributed by atoms with Gasteiger partial charge in [-0.1, -0.05) is 60.1 Å². The van der Waals surface area contributed by atoms with Gasteiger partial charge in [0.15, 0.2) is 0 Å². The Labute approximate surface area is 197 Å². The molecule has 7 heteroatoms. The Hall–Kier alpha value is -2.15. The van der Waals surface area contributed by atoms with Crippen molar-refractivity contribution in [3.8, 4) is 5.75 Å². The van der Waals surface area contributed by atoms with Crippen LogP contribution >= 0.6 is 43.5 Å². The summed E-state index contributed by atoms with van der Waals surface area (Å²) in [7, 11) is 0. The lowest BCUT2D eigenvalue weighted by Crippen LogP contribution is -2.17. The molecule has 0 aliphatic carbocycles. The molecule has 0 saturated carbocycles. The number of nitrogens with one attached hydrogen (secondary N) is 1. The van der Waals surface area contributed by atoms with Gasteiger partial charge in [-0.3, -0.25) is 4.79 Å². The van der Waals surface area contributed by atoms with E-state index < -0.39 is 0 Å². The van der Waals surface area contributed by atoms with E-state index in [0.717, 1.165) is 25.6 Å². The average molecular weight is 551 g/mol. The van der Waals surface area contributed by atoms with E-state index in [9.17, 15) is 4.79 Å². The van der Waals surface area contributed by atoms with Crippen LogP contribution in [0.25, 0.3) is 0 Å². The second kappa shape index (κ2) is 11.3. The maximum Gasteiger partial charge on any atom is 0.240 e.